The van der Waals surface area contributed by atoms with Crippen LogP contribution in [0.1, 0.15) is 13.3 Å². The molecule has 0 aromatic heterocycles. The maximum atomic E-state index is 11.4. The minimum atomic E-state index is -0.270. The van der Waals surface area contributed by atoms with Crippen LogP contribution in [-0.2, 0) is 4.79 Å². The van der Waals surface area contributed by atoms with Crippen molar-refractivity contribution in [1.82, 2.24) is 0 Å². The Hall–Kier alpha value is -1.33. The average molecular weight is 190 g/mol. The van der Waals surface area contributed by atoms with Crippen LogP contribution in [0.4, 0.5) is 0 Å². The molecule has 0 heterocycles. The van der Waals surface area contributed by atoms with Crippen LogP contribution >= 0.6 is 0 Å². The van der Waals surface area contributed by atoms with Gasteiger partial charge in [0.15, 0.2) is 5.78 Å². The van der Waals surface area contributed by atoms with Crippen molar-refractivity contribution in [1.29, 1.82) is 0 Å². The summed E-state index contributed by atoms with van der Waals surface area (Å²) in [6, 6.07) is 0. The lowest BCUT2D eigenvalue weighted by Gasteiger charge is -2.17. The van der Waals surface area contributed by atoms with Gasteiger partial charge in [0.25, 0.3) is 0 Å². The molecule has 1 rings (SSSR count). The summed E-state index contributed by atoms with van der Waals surface area (Å²) in [7, 11) is 0. The number of aliphatic hydroxyl groups excluding tert-OH is 1. The highest BCUT2D eigenvalue weighted by atomic mass is 16.3. The molecule has 1 aliphatic carbocycles. The maximum Gasteiger partial charge on any atom is 0.170 e. The minimum Gasteiger partial charge on any atom is -0.396 e. The predicted octanol–water partition coefficient (Wildman–Crippen LogP) is 1.32. The van der Waals surface area contributed by atoms with E-state index in [1.165, 1.54) is 6.08 Å². The second kappa shape index (κ2) is 4.78. The number of carbonyl (C=O) groups excluding carboxylic acids is 1. The average Bonchev–Trinajstić information content (AvgIpc) is 2.16. The Bertz CT molecular complexity index is 328. The van der Waals surface area contributed by atoms with Crippen molar-refractivity contribution in [2.75, 3.05) is 6.61 Å². The maximum absolute atomic E-state index is 11.4. The minimum absolute atomic E-state index is 0.0310. The van der Waals surface area contributed by atoms with Gasteiger partial charge < -0.3 is 5.11 Å². The normalized spacial score (nSPS) is 25.4. The zero-order valence-electron chi connectivity index (χ0n) is 8.29. The van der Waals surface area contributed by atoms with Crippen LogP contribution in [0.5, 0.6) is 0 Å². The Morgan fingerprint density at radius 1 is 1.79 bits per heavy atom. The number of aliphatic hydroxyl groups is 1. The highest BCUT2D eigenvalue weighted by molar-refractivity contribution is 5.94. The molecule has 0 aromatic rings. The van der Waals surface area contributed by atoms with Crippen LogP contribution < -0.4 is 0 Å². The first kappa shape index (κ1) is 10.7. The summed E-state index contributed by atoms with van der Waals surface area (Å²) in [6.07, 6.45) is 3.88. The molecule has 0 bridgehead atoms. The van der Waals surface area contributed by atoms with Crippen molar-refractivity contribution in [2.24, 2.45) is 11.8 Å². The Kier molecular flexibility index (Phi) is 3.67. The first-order chi connectivity index (χ1) is 6.63. The second-order valence-corrected chi connectivity index (χ2v) is 3.54. The van der Waals surface area contributed by atoms with Crippen molar-refractivity contribution >= 4 is 5.78 Å². The van der Waals surface area contributed by atoms with Crippen molar-refractivity contribution in [3.05, 3.63) is 24.3 Å². The molecule has 2 heteroatoms. The second-order valence-electron chi connectivity index (χ2n) is 3.54. The third-order valence-electron chi connectivity index (χ3n) is 2.11. The molecular weight excluding hydrogens is 176 g/mol. The van der Waals surface area contributed by atoms with E-state index in [0.29, 0.717) is 6.42 Å². The predicted molar refractivity (Wildman–Crippen MR) is 55.4 cm³/mol. The molecule has 0 radical (unpaired) electrons. The fourth-order valence-electron chi connectivity index (χ4n) is 1.32. The van der Waals surface area contributed by atoms with Crippen LogP contribution in [-0.4, -0.2) is 17.5 Å². The molecule has 0 aromatic carbocycles. The zero-order chi connectivity index (χ0) is 10.6. The van der Waals surface area contributed by atoms with E-state index in [2.05, 4.69) is 18.4 Å². The molecule has 0 aliphatic heterocycles. The van der Waals surface area contributed by atoms with E-state index in [0.717, 1.165) is 5.57 Å². The Morgan fingerprint density at radius 2 is 2.50 bits per heavy atom. The summed E-state index contributed by atoms with van der Waals surface area (Å²) in [5.74, 6) is 5.51. The lowest BCUT2D eigenvalue weighted by atomic mass is 9.86. The van der Waals surface area contributed by atoms with Gasteiger partial charge in [-0.1, -0.05) is 24.5 Å². The van der Waals surface area contributed by atoms with E-state index in [-0.39, 0.29) is 24.2 Å². The molecule has 2 unspecified atom stereocenters. The molecule has 0 fully saturated rings. The first-order valence-electron chi connectivity index (χ1n) is 4.63. The summed E-state index contributed by atoms with van der Waals surface area (Å²) < 4.78 is 0. The van der Waals surface area contributed by atoms with Gasteiger partial charge in [0.1, 0.15) is 0 Å². The molecule has 0 spiro atoms. The number of ketones is 1. The van der Waals surface area contributed by atoms with E-state index >= 15 is 0 Å². The largest absolute Gasteiger partial charge is 0.396 e. The monoisotopic (exact) mass is 190 g/mol. The van der Waals surface area contributed by atoms with E-state index in [1.54, 1.807) is 13.0 Å². The van der Waals surface area contributed by atoms with Gasteiger partial charge in [-0.3, -0.25) is 4.79 Å². The topological polar surface area (TPSA) is 37.3 Å². The van der Waals surface area contributed by atoms with Gasteiger partial charge in [-0.25, -0.2) is 0 Å². The molecule has 1 aliphatic rings. The van der Waals surface area contributed by atoms with Crippen molar-refractivity contribution < 1.29 is 9.90 Å². The van der Waals surface area contributed by atoms with Crippen LogP contribution in [0.25, 0.3) is 0 Å². The molecule has 0 saturated heterocycles. The highest BCUT2D eigenvalue weighted by Crippen LogP contribution is 2.19. The van der Waals surface area contributed by atoms with Gasteiger partial charge in [-0.2, -0.15) is 0 Å². The fourth-order valence-corrected chi connectivity index (χ4v) is 1.32. The number of hydrogen-bond acceptors (Lipinski definition) is 2. The lowest BCUT2D eigenvalue weighted by molar-refractivity contribution is -0.117. The SMILES string of the molecule is C=C(C)C#CC1CC(CO)C=CC1=O. The highest BCUT2D eigenvalue weighted by Gasteiger charge is 2.22. The Balaban J connectivity index is 2.72. The summed E-state index contributed by atoms with van der Waals surface area (Å²) in [6.45, 7) is 5.54. The van der Waals surface area contributed by atoms with Gasteiger partial charge >= 0.3 is 0 Å². The number of carbonyl (C=O) groups is 1. The van der Waals surface area contributed by atoms with Crippen molar-refractivity contribution in [3.63, 3.8) is 0 Å². The van der Waals surface area contributed by atoms with Crippen LogP contribution in [0.2, 0.25) is 0 Å². The summed E-state index contributed by atoms with van der Waals surface area (Å²) in [5, 5.41) is 8.94. The van der Waals surface area contributed by atoms with E-state index < -0.39 is 0 Å². The molecular formula is C12H14O2. The molecule has 2 nitrogen and oxygen atoms in total. The summed E-state index contributed by atoms with van der Waals surface area (Å²) >= 11 is 0. The van der Waals surface area contributed by atoms with Gasteiger partial charge in [0.2, 0.25) is 0 Å². The molecule has 0 amide bonds. The quantitative estimate of drug-likeness (QED) is 0.633. The van der Waals surface area contributed by atoms with Crippen LogP contribution in [0.15, 0.2) is 24.3 Å². The van der Waals surface area contributed by atoms with Crippen molar-refractivity contribution in [2.45, 2.75) is 13.3 Å². The lowest BCUT2D eigenvalue weighted by Crippen LogP contribution is -2.21. The van der Waals surface area contributed by atoms with Crippen molar-refractivity contribution in [3.8, 4) is 11.8 Å². The van der Waals surface area contributed by atoms with E-state index in [4.69, 9.17) is 5.11 Å². The molecule has 0 saturated carbocycles. The van der Waals surface area contributed by atoms with Gasteiger partial charge in [0.05, 0.1) is 5.92 Å². The van der Waals surface area contributed by atoms with Gasteiger partial charge in [0, 0.05) is 12.5 Å². The molecule has 2 atom stereocenters. The summed E-state index contributed by atoms with van der Waals surface area (Å²) in [4.78, 5) is 11.4. The van der Waals surface area contributed by atoms with Crippen LogP contribution in [0, 0.1) is 23.7 Å². The smallest absolute Gasteiger partial charge is 0.170 e. The van der Waals surface area contributed by atoms with E-state index in [9.17, 15) is 4.79 Å². The third kappa shape index (κ3) is 2.86. The van der Waals surface area contributed by atoms with Crippen LogP contribution in [0.3, 0.4) is 0 Å². The van der Waals surface area contributed by atoms with Gasteiger partial charge in [-0.15, -0.1) is 0 Å². The van der Waals surface area contributed by atoms with Gasteiger partial charge in [-0.05, 0) is 25.0 Å². The molecule has 14 heavy (non-hydrogen) atoms. The first-order valence-corrected chi connectivity index (χ1v) is 4.63. The molecule has 1 N–H and O–H groups in total. The number of rotatable bonds is 1. The number of hydrogen-bond donors (Lipinski definition) is 1. The molecule has 74 valence electrons. The third-order valence-corrected chi connectivity index (χ3v) is 2.11. The Labute approximate surface area is 84.3 Å². The fraction of sp³-hybridized carbons (Fsp3) is 0.417. The summed E-state index contributed by atoms with van der Waals surface area (Å²) in [5.41, 5.74) is 0.757. The zero-order valence-corrected chi connectivity index (χ0v) is 8.29. The van der Waals surface area contributed by atoms with E-state index in [1.807, 2.05) is 0 Å². The Morgan fingerprint density at radius 3 is 3.07 bits per heavy atom. The standard InChI is InChI=1S/C12H14O2/c1-9(2)3-5-11-7-10(8-13)4-6-12(11)14/h4,6,10-11,13H,1,7-8H2,2H3. The number of allylic oxidation sites excluding steroid dienone is 2.